The van der Waals surface area contributed by atoms with E-state index in [9.17, 15) is 4.39 Å². The molecule has 0 aliphatic carbocycles. The Morgan fingerprint density at radius 3 is 2.58 bits per heavy atom. The number of hydrogen-bond donors (Lipinski definition) is 1. The van der Waals surface area contributed by atoms with E-state index in [0.29, 0.717) is 6.54 Å². The lowest BCUT2D eigenvalue weighted by Crippen LogP contribution is -2.25. The van der Waals surface area contributed by atoms with E-state index in [1.165, 1.54) is 12.1 Å². The first-order valence-corrected chi connectivity index (χ1v) is 8.66. The molecule has 1 atom stereocenters. The molecule has 4 nitrogen and oxygen atoms in total. The van der Waals surface area contributed by atoms with Crippen molar-refractivity contribution in [2.45, 2.75) is 12.6 Å². The van der Waals surface area contributed by atoms with E-state index in [4.69, 9.17) is 4.74 Å². The quantitative estimate of drug-likeness (QED) is 0.607. The summed E-state index contributed by atoms with van der Waals surface area (Å²) in [5.41, 5.74) is 1.97. The number of nitrogens with zero attached hydrogens (tertiary/aromatic N) is 2. The minimum atomic E-state index is -0.254. The second-order valence-electron chi connectivity index (χ2n) is 5.72. The van der Waals surface area contributed by atoms with Crippen LogP contribution in [0.1, 0.15) is 23.0 Å². The van der Waals surface area contributed by atoms with Gasteiger partial charge in [-0.05, 0) is 35.9 Å². The van der Waals surface area contributed by atoms with Gasteiger partial charge in [0.25, 0.3) is 0 Å². The van der Waals surface area contributed by atoms with Crippen LogP contribution in [0.25, 0.3) is 0 Å². The molecule has 0 aliphatic rings. The molecule has 0 spiro atoms. The van der Waals surface area contributed by atoms with Gasteiger partial charge in [0, 0.05) is 36.0 Å². The third-order valence-corrected chi connectivity index (χ3v) is 4.55. The van der Waals surface area contributed by atoms with Gasteiger partial charge in [0.2, 0.25) is 0 Å². The fraction of sp³-hybridized carbons (Fsp3) is 0.211. The first-order valence-electron chi connectivity index (χ1n) is 7.87. The van der Waals surface area contributed by atoms with E-state index in [0.717, 1.165) is 27.2 Å². The van der Waals surface area contributed by atoms with Gasteiger partial charge < -0.3 is 9.30 Å². The zero-order valence-electron chi connectivity index (χ0n) is 14.4. The molecule has 0 radical (unpaired) electrons. The van der Waals surface area contributed by atoms with E-state index in [1.807, 2.05) is 36.0 Å². The smallest absolute Gasteiger partial charge is 0.130 e. The molecule has 0 aliphatic heterocycles. The van der Waals surface area contributed by atoms with Crippen LogP contribution in [0.4, 0.5) is 4.39 Å². The van der Waals surface area contributed by atoms with Crippen LogP contribution in [0.5, 0.6) is 5.75 Å². The highest BCUT2D eigenvalue weighted by Crippen LogP contribution is 2.26. The number of imidazole rings is 1. The van der Waals surface area contributed by atoms with Crippen molar-refractivity contribution in [2.75, 3.05) is 7.11 Å². The lowest BCUT2D eigenvalue weighted by molar-refractivity contribution is 0.406. The van der Waals surface area contributed by atoms with Crippen LogP contribution >= 0.6 is 28.3 Å². The van der Waals surface area contributed by atoms with Gasteiger partial charge in [-0.2, -0.15) is 0 Å². The number of methoxy groups -OCH3 is 1. The molecule has 0 fully saturated rings. The van der Waals surface area contributed by atoms with Gasteiger partial charge in [-0.3, -0.25) is 5.32 Å². The Bertz CT molecular complexity index is 854. The number of ether oxygens (including phenoxy) is 1. The average molecular weight is 441 g/mol. The maximum Gasteiger partial charge on any atom is 0.130 e. The van der Waals surface area contributed by atoms with E-state index in [1.54, 1.807) is 25.4 Å². The standard InChI is InChI=1S/C19H19BrFN3O.ClH/c1-24-10-9-22-19(24)18(13-3-6-16(21)7-4-13)23-12-14-11-15(20)5-8-17(14)25-2;/h3-11,18,23H,12H2,1-2H3;1H. The molecule has 26 heavy (non-hydrogen) atoms. The molecule has 0 amide bonds. The summed E-state index contributed by atoms with van der Waals surface area (Å²) >= 11 is 3.49. The van der Waals surface area contributed by atoms with Crippen molar-refractivity contribution in [3.8, 4) is 5.75 Å². The summed E-state index contributed by atoms with van der Waals surface area (Å²) in [5.74, 6) is 1.42. The Hall–Kier alpha value is -1.89. The van der Waals surface area contributed by atoms with Crippen molar-refractivity contribution < 1.29 is 9.13 Å². The van der Waals surface area contributed by atoms with Crippen molar-refractivity contribution in [1.82, 2.24) is 14.9 Å². The molecule has 0 bridgehead atoms. The number of nitrogens with one attached hydrogen (secondary N) is 1. The topological polar surface area (TPSA) is 39.1 Å². The zero-order valence-corrected chi connectivity index (χ0v) is 16.8. The van der Waals surface area contributed by atoms with Crippen LogP contribution in [0.15, 0.2) is 59.3 Å². The minimum Gasteiger partial charge on any atom is -0.496 e. The van der Waals surface area contributed by atoms with Gasteiger partial charge in [-0.25, -0.2) is 9.37 Å². The molecular weight excluding hydrogens is 421 g/mol. The molecule has 3 rings (SSSR count). The number of aryl methyl sites for hydroxylation is 1. The van der Waals surface area contributed by atoms with Crippen molar-refractivity contribution in [1.29, 1.82) is 0 Å². The maximum atomic E-state index is 13.3. The van der Waals surface area contributed by atoms with Crippen molar-refractivity contribution in [3.63, 3.8) is 0 Å². The van der Waals surface area contributed by atoms with E-state index in [2.05, 4.69) is 26.2 Å². The zero-order chi connectivity index (χ0) is 17.8. The van der Waals surface area contributed by atoms with E-state index < -0.39 is 0 Å². The SMILES string of the molecule is COc1ccc(Br)cc1CNC(c1ccc(F)cc1)c1nccn1C.Cl. The van der Waals surface area contributed by atoms with Crippen molar-refractivity contribution in [3.05, 3.63) is 82.1 Å². The first-order chi connectivity index (χ1) is 12.1. The fourth-order valence-corrected chi connectivity index (χ4v) is 3.17. The van der Waals surface area contributed by atoms with Crippen LogP contribution in [0, 0.1) is 5.82 Å². The van der Waals surface area contributed by atoms with Gasteiger partial charge in [-0.15, -0.1) is 12.4 Å². The van der Waals surface area contributed by atoms with Crippen LogP contribution in [0.2, 0.25) is 0 Å². The summed E-state index contributed by atoms with van der Waals surface area (Å²) in [6.07, 6.45) is 3.65. The number of aromatic nitrogens is 2. The monoisotopic (exact) mass is 439 g/mol. The molecule has 138 valence electrons. The van der Waals surface area contributed by atoms with Gasteiger partial charge in [-0.1, -0.05) is 28.1 Å². The van der Waals surface area contributed by atoms with Crippen LogP contribution in [-0.2, 0) is 13.6 Å². The number of rotatable bonds is 6. The highest BCUT2D eigenvalue weighted by atomic mass is 79.9. The highest BCUT2D eigenvalue weighted by molar-refractivity contribution is 9.10. The fourth-order valence-electron chi connectivity index (χ4n) is 2.77. The van der Waals surface area contributed by atoms with Crippen molar-refractivity contribution >= 4 is 28.3 Å². The third-order valence-electron chi connectivity index (χ3n) is 4.06. The largest absolute Gasteiger partial charge is 0.496 e. The maximum absolute atomic E-state index is 13.3. The lowest BCUT2D eigenvalue weighted by Gasteiger charge is -2.20. The molecule has 2 aromatic carbocycles. The number of benzene rings is 2. The Morgan fingerprint density at radius 2 is 1.96 bits per heavy atom. The van der Waals surface area contributed by atoms with Crippen molar-refractivity contribution in [2.24, 2.45) is 7.05 Å². The molecule has 3 aromatic rings. The summed E-state index contributed by atoms with van der Waals surface area (Å²) in [4.78, 5) is 4.45. The Kier molecular flexibility index (Phi) is 7.20. The second-order valence-corrected chi connectivity index (χ2v) is 6.63. The van der Waals surface area contributed by atoms with Gasteiger partial charge in [0.15, 0.2) is 0 Å². The summed E-state index contributed by atoms with van der Waals surface area (Å²) in [6, 6.07) is 12.2. The first kappa shape index (κ1) is 20.4. The number of halogens is 3. The predicted octanol–water partition coefficient (Wildman–Crippen LogP) is 4.63. The highest BCUT2D eigenvalue weighted by Gasteiger charge is 2.18. The lowest BCUT2D eigenvalue weighted by atomic mass is 10.1. The minimum absolute atomic E-state index is 0. The molecule has 1 unspecified atom stereocenters. The summed E-state index contributed by atoms with van der Waals surface area (Å²) in [5, 5.41) is 3.51. The number of hydrogen-bond acceptors (Lipinski definition) is 3. The molecule has 1 aromatic heterocycles. The van der Waals surface area contributed by atoms with Crippen LogP contribution < -0.4 is 10.1 Å². The molecular formula is C19H20BrClFN3O. The van der Waals surface area contributed by atoms with Gasteiger partial charge >= 0.3 is 0 Å². The van der Waals surface area contributed by atoms with Crippen LogP contribution in [-0.4, -0.2) is 16.7 Å². The molecule has 0 saturated carbocycles. The van der Waals surface area contributed by atoms with Gasteiger partial charge in [0.05, 0.1) is 13.2 Å². The molecule has 0 saturated heterocycles. The summed E-state index contributed by atoms with van der Waals surface area (Å²) in [7, 11) is 3.60. The third kappa shape index (κ3) is 4.63. The second kappa shape index (κ2) is 9.16. The molecule has 7 heteroatoms. The Balaban J connectivity index is 0.00000243. The van der Waals surface area contributed by atoms with E-state index in [-0.39, 0.29) is 24.3 Å². The van der Waals surface area contributed by atoms with E-state index >= 15 is 0 Å². The summed E-state index contributed by atoms with van der Waals surface area (Å²) in [6.45, 7) is 0.581. The molecule has 1 N–H and O–H groups in total. The summed E-state index contributed by atoms with van der Waals surface area (Å²) < 4.78 is 21.7. The average Bonchev–Trinajstić information content (AvgIpc) is 3.03. The Labute approximate surface area is 166 Å². The Morgan fingerprint density at radius 1 is 1.23 bits per heavy atom. The van der Waals surface area contributed by atoms with Gasteiger partial charge in [0.1, 0.15) is 17.4 Å². The predicted molar refractivity (Wildman–Crippen MR) is 106 cm³/mol. The van der Waals surface area contributed by atoms with Crippen LogP contribution in [0.3, 0.4) is 0 Å². The normalized spacial score (nSPS) is 11.7. The molecule has 1 heterocycles.